The summed E-state index contributed by atoms with van der Waals surface area (Å²) in [5.41, 5.74) is -0.335. The minimum absolute atomic E-state index is 0.0718. The fraction of sp³-hybridized carbons (Fsp3) is 0.571. The van der Waals surface area contributed by atoms with Crippen molar-refractivity contribution in [1.82, 2.24) is 10.3 Å². The number of amides is 1. The molecule has 2 aliphatic heterocycles. The summed E-state index contributed by atoms with van der Waals surface area (Å²) in [5.74, 6) is -4.04. The predicted octanol–water partition coefficient (Wildman–Crippen LogP) is 5.93. The van der Waals surface area contributed by atoms with Crippen LogP contribution in [0.15, 0.2) is 42.6 Å². The molecule has 2 fully saturated rings. The quantitative estimate of drug-likeness (QED) is 0.328. The molecular weight excluding hydrogens is 560 g/mol. The van der Waals surface area contributed by atoms with E-state index >= 15 is 0 Å². The van der Waals surface area contributed by atoms with E-state index in [1.807, 2.05) is 64.1 Å². The van der Waals surface area contributed by atoms with Crippen molar-refractivity contribution < 1.29 is 33.4 Å². The van der Waals surface area contributed by atoms with Crippen LogP contribution in [0.2, 0.25) is 0 Å². The molecule has 2 aromatic rings. The highest BCUT2D eigenvalue weighted by molar-refractivity contribution is 6.00. The third-order valence-electron chi connectivity index (χ3n) is 9.99. The molecule has 238 valence electrons. The minimum Gasteiger partial charge on any atom is -0.458 e. The van der Waals surface area contributed by atoms with Crippen LogP contribution in [0.3, 0.4) is 0 Å². The first-order valence-corrected chi connectivity index (χ1v) is 15.6. The molecule has 44 heavy (non-hydrogen) atoms. The number of ether oxygens (including phenoxy) is 3. The maximum absolute atomic E-state index is 13.9. The molecule has 1 aromatic carbocycles. The molecule has 0 radical (unpaired) electrons. The van der Waals surface area contributed by atoms with E-state index in [0.717, 1.165) is 16.5 Å². The standard InChI is InChI=1S/C35H46N2O7/c1-9-28-35(8)31(37-33(41)44-35)22(4)29(38)20(2)18-34(7,24(6)21(3)30(39)23(5)32(40)43-28)42-16-12-13-25-17-26-14-10-11-15-27(26)36-19-25/h10-15,17,19-24,28,31H,9,16,18H2,1-8H3,(H,37,41)/b13-12+/t20-,21-,22+,23-,24-,28-,31-,34-,35-/m1/s1. The van der Waals surface area contributed by atoms with Gasteiger partial charge in [-0.15, -0.1) is 0 Å². The topological polar surface area (TPSA) is 121 Å². The van der Waals surface area contributed by atoms with Crippen molar-refractivity contribution in [3.8, 4) is 0 Å². The third kappa shape index (κ3) is 6.58. The van der Waals surface area contributed by atoms with Gasteiger partial charge in [-0.25, -0.2) is 4.79 Å². The number of Topliss-reactive ketones (excluding diaryl/α,β-unsaturated/α-hetero) is 2. The summed E-state index contributed by atoms with van der Waals surface area (Å²) in [7, 11) is 0. The second-order valence-electron chi connectivity index (χ2n) is 13.0. The molecule has 9 nitrogen and oxygen atoms in total. The van der Waals surface area contributed by atoms with E-state index < -0.39 is 59.1 Å². The molecule has 1 N–H and O–H groups in total. The van der Waals surface area contributed by atoms with Crippen molar-refractivity contribution >= 4 is 40.6 Å². The van der Waals surface area contributed by atoms with Crippen LogP contribution in [0.25, 0.3) is 17.0 Å². The van der Waals surface area contributed by atoms with Crippen LogP contribution >= 0.6 is 0 Å². The highest BCUT2D eigenvalue weighted by atomic mass is 16.6. The van der Waals surface area contributed by atoms with Crippen molar-refractivity contribution in [1.29, 1.82) is 0 Å². The first-order chi connectivity index (χ1) is 20.7. The van der Waals surface area contributed by atoms with Gasteiger partial charge in [0.05, 0.1) is 23.8 Å². The molecule has 4 rings (SSSR count). The van der Waals surface area contributed by atoms with Gasteiger partial charge in [0, 0.05) is 29.3 Å². The summed E-state index contributed by atoms with van der Waals surface area (Å²) in [6.07, 6.45) is 4.81. The fourth-order valence-corrected chi connectivity index (χ4v) is 6.88. The summed E-state index contributed by atoms with van der Waals surface area (Å²) >= 11 is 0. The van der Waals surface area contributed by atoms with E-state index in [1.165, 1.54) is 0 Å². The van der Waals surface area contributed by atoms with Crippen molar-refractivity contribution in [2.24, 2.45) is 29.6 Å². The third-order valence-corrected chi connectivity index (χ3v) is 9.99. The van der Waals surface area contributed by atoms with Crippen molar-refractivity contribution in [3.63, 3.8) is 0 Å². The minimum atomic E-state index is -1.29. The zero-order valence-electron chi connectivity index (χ0n) is 27.1. The molecule has 0 saturated carbocycles. The summed E-state index contributed by atoms with van der Waals surface area (Å²) in [6, 6.07) is 9.22. The number of fused-ring (bicyclic) bond motifs is 2. The predicted molar refractivity (Wildman–Crippen MR) is 168 cm³/mol. The van der Waals surface area contributed by atoms with Crippen LogP contribution in [0.4, 0.5) is 4.79 Å². The van der Waals surface area contributed by atoms with E-state index in [4.69, 9.17) is 14.2 Å². The molecule has 9 atom stereocenters. The summed E-state index contributed by atoms with van der Waals surface area (Å²) in [4.78, 5) is 57.9. The van der Waals surface area contributed by atoms with E-state index in [9.17, 15) is 19.2 Å². The van der Waals surface area contributed by atoms with Crippen LogP contribution < -0.4 is 5.32 Å². The lowest BCUT2D eigenvalue weighted by Gasteiger charge is -2.42. The number of aromatic nitrogens is 1. The molecular formula is C35H46N2O7. The highest BCUT2D eigenvalue weighted by Gasteiger charge is 2.56. The Balaban J connectivity index is 1.63. The number of para-hydroxylation sites is 1. The Kier molecular flexibility index (Phi) is 9.98. The molecule has 2 saturated heterocycles. The highest BCUT2D eigenvalue weighted by Crippen LogP contribution is 2.40. The molecule has 0 aliphatic carbocycles. The first kappa shape index (κ1) is 33.3. The average molecular weight is 607 g/mol. The number of benzene rings is 1. The second kappa shape index (κ2) is 13.2. The van der Waals surface area contributed by atoms with E-state index in [1.54, 1.807) is 33.9 Å². The molecule has 9 heteroatoms. The van der Waals surface area contributed by atoms with Crippen molar-refractivity contribution in [2.75, 3.05) is 6.61 Å². The normalized spacial score (nSPS) is 35.6. The summed E-state index contributed by atoms with van der Waals surface area (Å²) in [6.45, 7) is 14.6. The second-order valence-corrected chi connectivity index (χ2v) is 13.0. The maximum atomic E-state index is 13.9. The Morgan fingerprint density at radius 1 is 1.02 bits per heavy atom. The number of alkyl carbamates (subject to hydrolysis) is 1. The molecule has 1 aromatic heterocycles. The largest absolute Gasteiger partial charge is 0.458 e. The number of cyclic esters (lactones) is 1. The number of carbonyl (C=O) groups excluding carboxylic acids is 4. The van der Waals surface area contributed by atoms with Gasteiger partial charge < -0.3 is 19.5 Å². The number of ketones is 2. The van der Waals surface area contributed by atoms with Crippen molar-refractivity contribution in [2.45, 2.75) is 91.6 Å². The smallest absolute Gasteiger partial charge is 0.408 e. The first-order valence-electron chi connectivity index (χ1n) is 15.6. The van der Waals surface area contributed by atoms with Gasteiger partial charge >= 0.3 is 12.1 Å². The summed E-state index contributed by atoms with van der Waals surface area (Å²) in [5, 5.41) is 3.83. The molecule has 0 spiro atoms. The number of rotatable bonds is 5. The zero-order valence-corrected chi connectivity index (χ0v) is 27.1. The Morgan fingerprint density at radius 2 is 1.73 bits per heavy atom. The maximum Gasteiger partial charge on any atom is 0.408 e. The van der Waals surface area contributed by atoms with Gasteiger partial charge in [-0.05, 0) is 57.2 Å². The molecule has 0 unspecified atom stereocenters. The monoisotopic (exact) mass is 606 g/mol. The lowest BCUT2D eigenvalue weighted by Crippen LogP contribution is -2.57. The van der Waals surface area contributed by atoms with Crippen LogP contribution in [0.5, 0.6) is 0 Å². The van der Waals surface area contributed by atoms with Crippen LogP contribution in [-0.2, 0) is 28.6 Å². The number of esters is 1. The number of carbonyl (C=O) groups is 4. The SMILES string of the molecule is CC[C@H]1OC(=O)[C@H](C)C(=O)[C@H](C)[C@@H](C)[C@](C)(OC/C=C/c2cnc3ccccc3c2)C[C@@H](C)C(=O)[C@H](C)[C@H]2NC(=O)O[C@@]21C. The number of hydrogen-bond donors (Lipinski definition) is 1. The van der Waals surface area contributed by atoms with Gasteiger partial charge in [0.15, 0.2) is 5.60 Å². The van der Waals surface area contributed by atoms with E-state index in [-0.39, 0.29) is 24.1 Å². The van der Waals surface area contributed by atoms with Crippen LogP contribution in [-0.4, -0.2) is 58.6 Å². The van der Waals surface area contributed by atoms with E-state index in [2.05, 4.69) is 16.4 Å². The average Bonchev–Trinajstić information content (AvgIpc) is 3.33. The molecule has 2 aliphatic rings. The van der Waals surface area contributed by atoms with Gasteiger partial charge in [-0.2, -0.15) is 0 Å². The van der Waals surface area contributed by atoms with Gasteiger partial charge in [0.2, 0.25) is 0 Å². The Morgan fingerprint density at radius 3 is 2.43 bits per heavy atom. The fourth-order valence-electron chi connectivity index (χ4n) is 6.88. The number of hydrogen-bond acceptors (Lipinski definition) is 8. The molecule has 0 bridgehead atoms. The van der Waals surface area contributed by atoms with Crippen molar-refractivity contribution in [3.05, 3.63) is 48.2 Å². The Labute approximate surface area is 260 Å². The molecule has 3 heterocycles. The lowest BCUT2D eigenvalue weighted by atomic mass is 9.70. The zero-order chi connectivity index (χ0) is 32.4. The Bertz CT molecular complexity index is 1440. The number of pyridine rings is 1. The van der Waals surface area contributed by atoms with Gasteiger partial charge in [0.1, 0.15) is 23.6 Å². The van der Waals surface area contributed by atoms with Gasteiger partial charge in [0.25, 0.3) is 0 Å². The number of nitrogens with zero attached hydrogens (tertiary/aromatic N) is 1. The lowest BCUT2D eigenvalue weighted by molar-refractivity contribution is -0.172. The number of nitrogens with one attached hydrogen (secondary N) is 1. The van der Waals surface area contributed by atoms with E-state index in [0.29, 0.717) is 12.8 Å². The Hall–Kier alpha value is -3.59. The van der Waals surface area contributed by atoms with Gasteiger partial charge in [-0.1, -0.05) is 65.0 Å². The molecule has 1 amide bonds. The van der Waals surface area contributed by atoms with Crippen LogP contribution in [0.1, 0.15) is 73.8 Å². The summed E-state index contributed by atoms with van der Waals surface area (Å²) < 4.78 is 18.1. The van der Waals surface area contributed by atoms with Gasteiger partial charge in [-0.3, -0.25) is 19.4 Å². The van der Waals surface area contributed by atoms with Crippen LogP contribution in [0, 0.1) is 29.6 Å².